The van der Waals surface area contributed by atoms with E-state index in [2.05, 4.69) is 14.7 Å². The van der Waals surface area contributed by atoms with Gasteiger partial charge in [-0.2, -0.15) is 0 Å². The Morgan fingerprint density at radius 1 is 1.67 bits per heavy atom. The summed E-state index contributed by atoms with van der Waals surface area (Å²) < 4.78 is 0. The van der Waals surface area contributed by atoms with Gasteiger partial charge in [-0.25, -0.2) is 0 Å². The third-order valence-electron chi connectivity index (χ3n) is 0.707. The van der Waals surface area contributed by atoms with Crippen LogP contribution in [-0.4, -0.2) is 22.0 Å². The molecule has 0 amide bonds. The Morgan fingerprint density at radius 3 is 2.17 bits per heavy atom. The lowest BCUT2D eigenvalue weighted by molar-refractivity contribution is 1.47. The average Bonchev–Trinajstić information content (AvgIpc) is 1.41. The maximum atomic E-state index is 2.21. The lowest BCUT2D eigenvalue weighted by Crippen LogP contribution is -1.98. The maximum absolute atomic E-state index is 2.21. The summed E-state index contributed by atoms with van der Waals surface area (Å²) >= 11 is 0. The van der Waals surface area contributed by atoms with Crippen LogP contribution in [0.15, 0.2) is 0 Å². The molecule has 0 aliphatic heterocycles. The van der Waals surface area contributed by atoms with Crippen molar-refractivity contribution in [3.63, 3.8) is 0 Å². The molecule has 0 aliphatic carbocycles. The molecule has 0 aliphatic rings. The van der Waals surface area contributed by atoms with Crippen LogP contribution in [0.1, 0.15) is 6.92 Å². The van der Waals surface area contributed by atoms with E-state index in [9.17, 15) is 0 Å². The number of rotatable bonds is 2. The van der Waals surface area contributed by atoms with Crippen molar-refractivity contribution >= 4 is 22.0 Å². The summed E-state index contributed by atoms with van der Waals surface area (Å²) in [6.07, 6.45) is 1.34. The third kappa shape index (κ3) is 8.91. The molecule has 6 heavy (non-hydrogen) atoms. The van der Waals surface area contributed by atoms with Crippen LogP contribution in [0.2, 0.25) is 6.32 Å². The van der Waals surface area contributed by atoms with Gasteiger partial charge in [0.25, 0.3) is 0 Å². The summed E-state index contributed by atoms with van der Waals surface area (Å²) in [5.41, 5.74) is 0. The zero-order valence-corrected chi connectivity index (χ0v) is 4.83. The molecule has 1 nitrogen and oxygen atoms in total. The Balaban J connectivity index is 0. The van der Waals surface area contributed by atoms with E-state index >= 15 is 0 Å². The van der Waals surface area contributed by atoms with Crippen molar-refractivity contribution in [3.8, 4) is 0 Å². The summed E-state index contributed by atoms with van der Waals surface area (Å²) in [5, 5.41) is 0. The highest BCUT2D eigenvalue weighted by atomic mass is 14.0. The van der Waals surface area contributed by atoms with Crippen LogP contribution in [0.3, 0.4) is 0 Å². The maximum Gasteiger partial charge on any atom is 0.0776 e. The van der Waals surface area contributed by atoms with Gasteiger partial charge in [0.2, 0.25) is 0 Å². The summed E-state index contributed by atoms with van der Waals surface area (Å²) in [6.45, 7) is 2.21. The molecule has 34 valence electrons. The van der Waals surface area contributed by atoms with Crippen LogP contribution in [-0.2, 0) is 0 Å². The quantitative estimate of drug-likeness (QED) is 0.423. The standard InChI is InChI=1S/C2H9B3.H3N/c1-2-4-5-3;/h4-5H,2-3H2,1H3;1H3. The number of hydrogen-bond acceptors (Lipinski definition) is 1. The van der Waals surface area contributed by atoms with Gasteiger partial charge < -0.3 is 6.15 Å². The van der Waals surface area contributed by atoms with Gasteiger partial charge in [-0.3, -0.25) is 0 Å². The van der Waals surface area contributed by atoms with Crippen molar-refractivity contribution in [2.24, 2.45) is 0 Å². The number of hydrogen-bond donors (Lipinski definition) is 1. The topological polar surface area (TPSA) is 35.0 Å². The fraction of sp³-hybridized carbons (Fsp3) is 1.00. The van der Waals surface area contributed by atoms with Gasteiger partial charge in [0.15, 0.2) is 0 Å². The molecule has 0 radical (unpaired) electrons. The minimum absolute atomic E-state index is 0. The van der Waals surface area contributed by atoms with Gasteiger partial charge >= 0.3 is 0 Å². The lowest BCUT2D eigenvalue weighted by Gasteiger charge is -1.72. The Kier molecular flexibility index (Phi) is 14.1. The van der Waals surface area contributed by atoms with E-state index in [4.69, 9.17) is 0 Å². The first kappa shape index (κ1) is 9.47. The van der Waals surface area contributed by atoms with Gasteiger partial charge in [0, 0.05) is 0 Å². The van der Waals surface area contributed by atoms with Crippen molar-refractivity contribution in [1.29, 1.82) is 0 Å². The SMILES string of the molecule is BBBCC.N. The highest BCUT2D eigenvalue weighted by Crippen LogP contribution is 1.63. The van der Waals surface area contributed by atoms with Crippen molar-refractivity contribution in [3.05, 3.63) is 0 Å². The molecule has 0 rings (SSSR count). The van der Waals surface area contributed by atoms with Gasteiger partial charge in [-0.05, 0) is 0 Å². The minimum Gasteiger partial charge on any atom is -0.344 e. The molecule has 0 atom stereocenters. The molecule has 3 N–H and O–H groups in total. The largest absolute Gasteiger partial charge is 0.344 e. The summed E-state index contributed by atoms with van der Waals surface area (Å²) in [7, 11) is 4.94. The van der Waals surface area contributed by atoms with E-state index < -0.39 is 0 Å². The molecule has 0 aromatic heterocycles. The van der Waals surface area contributed by atoms with Gasteiger partial charge in [-0.15, -0.1) is 0 Å². The Bertz CT molecular complexity index is 16.3. The normalized spacial score (nSPS) is 5.50. The molecule has 0 heterocycles. The fourth-order valence-electron chi connectivity index (χ4n) is 0.354. The Labute approximate surface area is 42.3 Å². The predicted molar refractivity (Wildman–Crippen MR) is 38.3 cm³/mol. The van der Waals surface area contributed by atoms with Gasteiger partial charge in [0.05, 0.1) is 22.0 Å². The van der Waals surface area contributed by atoms with Crippen molar-refractivity contribution in [2.75, 3.05) is 0 Å². The van der Waals surface area contributed by atoms with Gasteiger partial charge in [0.1, 0.15) is 0 Å². The van der Waals surface area contributed by atoms with Crippen LogP contribution in [0.4, 0.5) is 0 Å². The van der Waals surface area contributed by atoms with Crippen LogP contribution in [0.5, 0.6) is 0 Å². The molecule has 0 spiro atoms. The van der Waals surface area contributed by atoms with E-state index in [-0.39, 0.29) is 6.15 Å². The second kappa shape index (κ2) is 8.94. The highest BCUT2D eigenvalue weighted by molar-refractivity contribution is 7.23. The Hall–Kier alpha value is 0.155. The van der Waals surface area contributed by atoms with E-state index in [1.165, 1.54) is 20.6 Å². The zero-order chi connectivity index (χ0) is 4.12. The molecule has 0 unspecified atom stereocenters. The summed E-state index contributed by atoms with van der Waals surface area (Å²) in [6, 6.07) is 0. The van der Waals surface area contributed by atoms with Crippen LogP contribution in [0.25, 0.3) is 0 Å². The van der Waals surface area contributed by atoms with Crippen molar-refractivity contribution < 1.29 is 0 Å². The molecular weight excluding hydrogens is 70.5 g/mol. The Morgan fingerprint density at radius 2 is 2.17 bits per heavy atom. The summed E-state index contributed by atoms with van der Waals surface area (Å²) in [5.74, 6) is 0. The molecule has 4 heteroatoms. The molecule has 0 aromatic carbocycles. The molecule has 0 bridgehead atoms. The van der Waals surface area contributed by atoms with E-state index in [1.807, 2.05) is 0 Å². The lowest BCUT2D eigenvalue weighted by atomic mass is 9.27. The van der Waals surface area contributed by atoms with Crippen LogP contribution in [0, 0.1) is 0 Å². The molecule has 0 saturated carbocycles. The first-order valence-electron chi connectivity index (χ1n) is 2.41. The monoisotopic (exact) mass is 83.1 g/mol. The smallest absolute Gasteiger partial charge is 0.0776 e. The van der Waals surface area contributed by atoms with Crippen LogP contribution >= 0.6 is 0 Å². The molecule has 0 saturated heterocycles. The molecule has 0 aromatic rings. The van der Waals surface area contributed by atoms with E-state index in [0.717, 1.165) is 0 Å². The zero-order valence-electron chi connectivity index (χ0n) is 4.83. The van der Waals surface area contributed by atoms with Crippen molar-refractivity contribution in [1.82, 2.24) is 6.15 Å². The first-order valence-corrected chi connectivity index (χ1v) is 2.41. The second-order valence-electron chi connectivity index (χ2n) is 1.35. The average molecular weight is 82.6 g/mol. The molecule has 0 fully saturated rings. The molecular formula is C2H12B3N. The fourth-order valence-corrected chi connectivity index (χ4v) is 0.354. The van der Waals surface area contributed by atoms with Gasteiger partial charge in [-0.1, -0.05) is 13.2 Å². The predicted octanol–water partition coefficient (Wildman–Crippen LogP) is -1.08. The minimum atomic E-state index is 0. The first-order chi connectivity index (χ1) is 2.41. The second-order valence-corrected chi connectivity index (χ2v) is 1.35. The van der Waals surface area contributed by atoms with Crippen molar-refractivity contribution in [2.45, 2.75) is 13.2 Å². The highest BCUT2D eigenvalue weighted by Gasteiger charge is 1.75. The van der Waals surface area contributed by atoms with Crippen LogP contribution < -0.4 is 6.15 Å². The summed E-state index contributed by atoms with van der Waals surface area (Å²) in [4.78, 5) is 0. The third-order valence-corrected chi connectivity index (χ3v) is 0.707. The van der Waals surface area contributed by atoms with E-state index in [1.54, 1.807) is 0 Å². The van der Waals surface area contributed by atoms with E-state index in [0.29, 0.717) is 0 Å².